The van der Waals surface area contributed by atoms with Crippen LogP contribution in [-0.2, 0) is 7.05 Å². The smallest absolute Gasteiger partial charge is 0.124 e. The van der Waals surface area contributed by atoms with E-state index in [0.29, 0.717) is 0 Å². The Kier molecular flexibility index (Phi) is 1.25. The van der Waals surface area contributed by atoms with Gasteiger partial charge in [0, 0.05) is 24.9 Å². The van der Waals surface area contributed by atoms with Crippen LogP contribution in [0.2, 0.25) is 0 Å². The maximum atomic E-state index is 4.69. The summed E-state index contributed by atoms with van der Waals surface area (Å²) >= 11 is 0. The van der Waals surface area contributed by atoms with Gasteiger partial charge in [-0.05, 0) is 0 Å². The van der Waals surface area contributed by atoms with Gasteiger partial charge in [0.2, 0.25) is 0 Å². The molecule has 0 aliphatic rings. The molecule has 2 heterocycles. The van der Waals surface area contributed by atoms with E-state index in [1.165, 1.54) is 0 Å². The first-order valence-corrected chi connectivity index (χ1v) is 3.25. The lowest BCUT2D eigenvalue weighted by Crippen LogP contribution is -1.84. The van der Waals surface area contributed by atoms with Gasteiger partial charge in [-0.3, -0.25) is 4.68 Å². The standard InChI is InChI=1S/C7H7N3O/c1-10-5-6(4-8-10)7-2-3-11-9-7/h2-5H,1H3. The summed E-state index contributed by atoms with van der Waals surface area (Å²) in [5, 5.41) is 7.78. The Balaban J connectivity index is 2.45. The van der Waals surface area contributed by atoms with Crippen molar-refractivity contribution in [2.75, 3.05) is 0 Å². The molecule has 0 N–H and O–H groups in total. The Hall–Kier alpha value is -1.58. The fourth-order valence-electron chi connectivity index (χ4n) is 0.915. The minimum absolute atomic E-state index is 0.818. The van der Waals surface area contributed by atoms with E-state index >= 15 is 0 Å². The van der Waals surface area contributed by atoms with Gasteiger partial charge >= 0.3 is 0 Å². The molecule has 0 amide bonds. The predicted molar refractivity (Wildman–Crippen MR) is 38.7 cm³/mol. The zero-order chi connectivity index (χ0) is 7.68. The third kappa shape index (κ3) is 1.02. The molecule has 0 aliphatic carbocycles. The van der Waals surface area contributed by atoms with Crippen LogP contribution < -0.4 is 0 Å². The van der Waals surface area contributed by atoms with Gasteiger partial charge in [0.25, 0.3) is 0 Å². The van der Waals surface area contributed by atoms with Crippen LogP contribution >= 0.6 is 0 Å². The lowest BCUT2D eigenvalue weighted by molar-refractivity contribution is 0.422. The molecule has 56 valence electrons. The van der Waals surface area contributed by atoms with E-state index in [9.17, 15) is 0 Å². The summed E-state index contributed by atoms with van der Waals surface area (Å²) in [4.78, 5) is 0. The van der Waals surface area contributed by atoms with E-state index in [1.54, 1.807) is 23.2 Å². The highest BCUT2D eigenvalue weighted by Gasteiger charge is 2.01. The molecule has 0 atom stereocenters. The molecule has 4 nitrogen and oxygen atoms in total. The van der Waals surface area contributed by atoms with Gasteiger partial charge in [0.1, 0.15) is 12.0 Å². The number of hydrogen-bond donors (Lipinski definition) is 0. The number of aromatic nitrogens is 3. The van der Waals surface area contributed by atoms with Crippen molar-refractivity contribution < 1.29 is 4.52 Å². The predicted octanol–water partition coefficient (Wildman–Crippen LogP) is 1.08. The zero-order valence-electron chi connectivity index (χ0n) is 6.06. The van der Waals surface area contributed by atoms with Crippen molar-refractivity contribution in [3.05, 3.63) is 24.7 Å². The van der Waals surface area contributed by atoms with Crippen LogP contribution in [0.5, 0.6) is 0 Å². The summed E-state index contributed by atoms with van der Waals surface area (Å²) in [7, 11) is 1.86. The fourth-order valence-corrected chi connectivity index (χ4v) is 0.915. The van der Waals surface area contributed by atoms with Gasteiger partial charge in [-0.1, -0.05) is 5.16 Å². The molecule has 4 heteroatoms. The minimum Gasteiger partial charge on any atom is -0.364 e. The average Bonchev–Trinajstić information content (AvgIpc) is 2.55. The van der Waals surface area contributed by atoms with Crippen molar-refractivity contribution in [1.82, 2.24) is 14.9 Å². The van der Waals surface area contributed by atoms with Crippen LogP contribution in [-0.4, -0.2) is 14.9 Å². The van der Waals surface area contributed by atoms with Gasteiger partial charge in [-0.25, -0.2) is 0 Å². The number of aryl methyl sites for hydroxylation is 1. The SMILES string of the molecule is Cn1cc(-c2ccon2)cn1. The maximum absolute atomic E-state index is 4.69. The monoisotopic (exact) mass is 149 g/mol. The summed E-state index contributed by atoms with van der Waals surface area (Å²) in [6.07, 6.45) is 5.18. The summed E-state index contributed by atoms with van der Waals surface area (Å²) in [6, 6.07) is 1.80. The van der Waals surface area contributed by atoms with Crippen LogP contribution in [0.1, 0.15) is 0 Å². The molecular formula is C7H7N3O. The van der Waals surface area contributed by atoms with E-state index in [1.807, 2.05) is 13.2 Å². The Bertz CT molecular complexity index is 336. The van der Waals surface area contributed by atoms with E-state index in [2.05, 4.69) is 10.3 Å². The van der Waals surface area contributed by atoms with Crippen molar-refractivity contribution in [1.29, 1.82) is 0 Å². The first kappa shape index (κ1) is 6.15. The molecule has 2 aromatic heterocycles. The summed E-state index contributed by atoms with van der Waals surface area (Å²) in [5.74, 6) is 0. The molecule has 0 radical (unpaired) electrons. The summed E-state index contributed by atoms with van der Waals surface area (Å²) in [5.41, 5.74) is 1.79. The second-order valence-corrected chi connectivity index (χ2v) is 2.29. The average molecular weight is 149 g/mol. The molecule has 0 saturated carbocycles. The van der Waals surface area contributed by atoms with Crippen molar-refractivity contribution in [3.63, 3.8) is 0 Å². The Morgan fingerprint density at radius 1 is 1.55 bits per heavy atom. The third-order valence-corrected chi connectivity index (χ3v) is 1.44. The van der Waals surface area contributed by atoms with E-state index < -0.39 is 0 Å². The molecule has 0 aromatic carbocycles. The van der Waals surface area contributed by atoms with E-state index in [4.69, 9.17) is 4.52 Å². The van der Waals surface area contributed by atoms with Crippen LogP contribution in [0.4, 0.5) is 0 Å². The van der Waals surface area contributed by atoms with E-state index in [-0.39, 0.29) is 0 Å². The molecule has 0 unspecified atom stereocenters. The molecule has 2 aromatic rings. The molecule has 0 bridgehead atoms. The highest BCUT2D eigenvalue weighted by atomic mass is 16.5. The Morgan fingerprint density at radius 3 is 3.00 bits per heavy atom. The normalized spacial score (nSPS) is 10.3. The van der Waals surface area contributed by atoms with Crippen LogP contribution in [0.15, 0.2) is 29.2 Å². The first-order valence-electron chi connectivity index (χ1n) is 3.25. The molecule has 2 rings (SSSR count). The third-order valence-electron chi connectivity index (χ3n) is 1.44. The van der Waals surface area contributed by atoms with E-state index in [0.717, 1.165) is 11.3 Å². The first-order chi connectivity index (χ1) is 5.36. The van der Waals surface area contributed by atoms with Crippen molar-refractivity contribution in [2.45, 2.75) is 0 Å². The maximum Gasteiger partial charge on any atom is 0.124 e. The minimum atomic E-state index is 0.818. The molecule has 0 saturated heterocycles. The van der Waals surface area contributed by atoms with Gasteiger partial charge in [0.05, 0.1) is 6.20 Å². The quantitative estimate of drug-likeness (QED) is 0.609. The van der Waals surface area contributed by atoms with Crippen molar-refractivity contribution in [2.24, 2.45) is 7.05 Å². The highest BCUT2D eigenvalue weighted by molar-refractivity contribution is 5.55. The van der Waals surface area contributed by atoms with Crippen molar-refractivity contribution in [3.8, 4) is 11.3 Å². The molecule has 11 heavy (non-hydrogen) atoms. The molecule has 0 fully saturated rings. The van der Waals surface area contributed by atoms with Gasteiger partial charge in [-0.15, -0.1) is 0 Å². The van der Waals surface area contributed by atoms with Crippen LogP contribution in [0, 0.1) is 0 Å². The highest BCUT2D eigenvalue weighted by Crippen LogP contribution is 2.14. The second kappa shape index (κ2) is 2.23. The Labute approximate surface area is 63.4 Å². The van der Waals surface area contributed by atoms with Gasteiger partial charge < -0.3 is 4.52 Å². The number of nitrogens with zero attached hydrogens (tertiary/aromatic N) is 3. The number of hydrogen-bond acceptors (Lipinski definition) is 3. The second-order valence-electron chi connectivity index (χ2n) is 2.29. The lowest BCUT2D eigenvalue weighted by Gasteiger charge is -1.83. The largest absolute Gasteiger partial charge is 0.364 e. The van der Waals surface area contributed by atoms with Crippen LogP contribution in [0.3, 0.4) is 0 Å². The Morgan fingerprint density at radius 2 is 2.45 bits per heavy atom. The van der Waals surface area contributed by atoms with Gasteiger partial charge in [0.15, 0.2) is 0 Å². The molecule has 0 spiro atoms. The molecule has 0 aliphatic heterocycles. The zero-order valence-corrected chi connectivity index (χ0v) is 6.06. The van der Waals surface area contributed by atoms with Gasteiger partial charge in [-0.2, -0.15) is 5.10 Å². The van der Waals surface area contributed by atoms with Crippen LogP contribution in [0.25, 0.3) is 11.3 Å². The summed E-state index contributed by atoms with van der Waals surface area (Å²) in [6.45, 7) is 0. The van der Waals surface area contributed by atoms with Crippen molar-refractivity contribution >= 4 is 0 Å². The molecular weight excluding hydrogens is 142 g/mol. The lowest BCUT2D eigenvalue weighted by atomic mass is 10.3. The number of rotatable bonds is 1. The topological polar surface area (TPSA) is 43.9 Å². The summed E-state index contributed by atoms with van der Waals surface area (Å²) < 4.78 is 6.42. The fraction of sp³-hybridized carbons (Fsp3) is 0.143.